The van der Waals surface area contributed by atoms with Crippen molar-refractivity contribution in [3.05, 3.63) is 53.0 Å². The van der Waals surface area contributed by atoms with Crippen molar-refractivity contribution in [2.75, 3.05) is 6.54 Å². The lowest BCUT2D eigenvalue weighted by molar-refractivity contribution is 0.815. The molecule has 0 aromatic carbocycles. The Kier molecular flexibility index (Phi) is 7.50. The summed E-state index contributed by atoms with van der Waals surface area (Å²) in [7, 11) is 0. The Morgan fingerprint density at radius 2 is 2.22 bits per heavy atom. The van der Waals surface area contributed by atoms with Crippen LogP contribution in [0.25, 0.3) is 5.82 Å². The maximum atomic E-state index is 5.92. The largest absolute Gasteiger partial charge is 0.370 e. The van der Waals surface area contributed by atoms with Crippen LogP contribution in [0.2, 0.25) is 5.02 Å². The van der Waals surface area contributed by atoms with Crippen molar-refractivity contribution < 1.29 is 0 Å². The number of guanidine groups is 1. The number of rotatable bonds is 5. The second kappa shape index (κ2) is 8.88. The number of aromatic nitrogens is 3. The summed E-state index contributed by atoms with van der Waals surface area (Å²) in [5.41, 5.74) is 8.61. The van der Waals surface area contributed by atoms with E-state index in [1.54, 1.807) is 17.1 Å². The Bertz CT molecular complexity index is 710. The molecule has 0 amide bonds. The molecule has 0 radical (unpaired) electrons. The second-order valence-corrected chi connectivity index (χ2v) is 5.49. The van der Waals surface area contributed by atoms with Gasteiger partial charge in [0, 0.05) is 17.8 Å². The molecule has 0 saturated heterocycles. The maximum Gasteiger partial charge on any atom is 0.189 e. The summed E-state index contributed by atoms with van der Waals surface area (Å²) in [6, 6.07) is 3.89. The van der Waals surface area contributed by atoms with Gasteiger partial charge in [-0.15, -0.1) is 24.0 Å². The lowest BCUT2D eigenvalue weighted by atomic mass is 10.2. The van der Waals surface area contributed by atoms with Crippen LogP contribution in [-0.2, 0) is 6.54 Å². The third kappa shape index (κ3) is 5.83. The molecule has 0 aliphatic rings. The van der Waals surface area contributed by atoms with E-state index in [1.807, 2.05) is 26.0 Å². The highest BCUT2D eigenvalue weighted by molar-refractivity contribution is 14.0. The van der Waals surface area contributed by atoms with Gasteiger partial charge in [-0.05, 0) is 19.9 Å². The quantitative estimate of drug-likeness (QED) is 0.320. The number of nitrogens with two attached hydrogens (primary N) is 1. The first-order valence-corrected chi connectivity index (χ1v) is 7.18. The predicted octanol–water partition coefficient (Wildman–Crippen LogP) is 2.83. The molecule has 6 nitrogen and oxygen atoms in total. The number of aliphatic imine (C=N–C) groups is 1. The van der Waals surface area contributed by atoms with Crippen LogP contribution < -0.4 is 11.1 Å². The molecule has 23 heavy (non-hydrogen) atoms. The van der Waals surface area contributed by atoms with Crippen molar-refractivity contribution in [3.63, 3.8) is 0 Å². The molecule has 2 aromatic heterocycles. The molecule has 0 spiro atoms. The Labute approximate surface area is 157 Å². The van der Waals surface area contributed by atoms with Crippen LogP contribution in [0.4, 0.5) is 0 Å². The number of nitrogens with zero attached hydrogens (tertiary/aromatic N) is 4. The first-order valence-electron chi connectivity index (χ1n) is 6.81. The van der Waals surface area contributed by atoms with Crippen molar-refractivity contribution in [2.24, 2.45) is 10.7 Å². The summed E-state index contributed by atoms with van der Waals surface area (Å²) in [4.78, 5) is 8.82. The molecule has 2 rings (SSSR count). The van der Waals surface area contributed by atoms with Crippen LogP contribution in [0.5, 0.6) is 0 Å². The molecular weight excluding hydrogens is 427 g/mol. The molecule has 124 valence electrons. The summed E-state index contributed by atoms with van der Waals surface area (Å²) in [5, 5.41) is 7.74. The standard InChI is InChI=1S/C15H19ClN6.HI/c1-10(2)6-18-15(17)19-7-12-5-4-11(3)21-14(12)22-9-13(16)8-20-22;/h4-5,8-9H,1,6-7H2,2-3H3,(H3,17,18,19);1H. The zero-order valence-corrected chi connectivity index (χ0v) is 16.2. The highest BCUT2D eigenvalue weighted by atomic mass is 127. The molecule has 0 aliphatic carbocycles. The highest BCUT2D eigenvalue weighted by Crippen LogP contribution is 2.16. The van der Waals surface area contributed by atoms with E-state index in [2.05, 4.69) is 27.0 Å². The maximum absolute atomic E-state index is 5.92. The summed E-state index contributed by atoms with van der Waals surface area (Å²) < 4.78 is 1.64. The van der Waals surface area contributed by atoms with Gasteiger partial charge < -0.3 is 11.1 Å². The molecule has 2 aromatic rings. The van der Waals surface area contributed by atoms with Crippen molar-refractivity contribution in [2.45, 2.75) is 20.4 Å². The van der Waals surface area contributed by atoms with Gasteiger partial charge in [-0.25, -0.2) is 14.7 Å². The van der Waals surface area contributed by atoms with Gasteiger partial charge in [0.1, 0.15) is 0 Å². The molecule has 0 atom stereocenters. The van der Waals surface area contributed by atoms with E-state index in [9.17, 15) is 0 Å². The van der Waals surface area contributed by atoms with Gasteiger partial charge >= 0.3 is 0 Å². The van der Waals surface area contributed by atoms with E-state index in [0.29, 0.717) is 29.9 Å². The third-order valence-corrected chi connectivity index (χ3v) is 3.05. The van der Waals surface area contributed by atoms with E-state index < -0.39 is 0 Å². The molecule has 0 unspecified atom stereocenters. The normalized spacial score (nSPS) is 11.0. The molecule has 3 N–H and O–H groups in total. The van der Waals surface area contributed by atoms with Crippen LogP contribution in [0.15, 0.2) is 41.7 Å². The Hall–Kier alpha value is -1.61. The molecule has 0 aliphatic heterocycles. The first-order chi connectivity index (χ1) is 10.5. The summed E-state index contributed by atoms with van der Waals surface area (Å²) in [6.07, 6.45) is 3.28. The van der Waals surface area contributed by atoms with Crippen LogP contribution in [-0.4, -0.2) is 27.3 Å². The Morgan fingerprint density at radius 3 is 2.83 bits per heavy atom. The summed E-state index contributed by atoms with van der Waals surface area (Å²) in [5.74, 6) is 1.07. The minimum Gasteiger partial charge on any atom is -0.370 e. The predicted molar refractivity (Wildman–Crippen MR) is 105 cm³/mol. The van der Waals surface area contributed by atoms with Gasteiger partial charge in [0.15, 0.2) is 11.8 Å². The lowest BCUT2D eigenvalue weighted by Crippen LogP contribution is -2.32. The van der Waals surface area contributed by atoms with Crippen LogP contribution in [0.3, 0.4) is 0 Å². The highest BCUT2D eigenvalue weighted by Gasteiger charge is 2.08. The van der Waals surface area contributed by atoms with E-state index in [-0.39, 0.29) is 24.0 Å². The van der Waals surface area contributed by atoms with Crippen LogP contribution >= 0.6 is 35.6 Å². The average molecular weight is 447 g/mol. The second-order valence-electron chi connectivity index (χ2n) is 5.05. The number of hydrogen-bond donors (Lipinski definition) is 2. The fraction of sp³-hybridized carbons (Fsp3) is 0.267. The van der Waals surface area contributed by atoms with Gasteiger partial charge in [-0.3, -0.25) is 0 Å². The van der Waals surface area contributed by atoms with Crippen LogP contribution in [0, 0.1) is 6.92 Å². The summed E-state index contributed by atoms with van der Waals surface area (Å²) >= 11 is 5.92. The molecular formula is C15H20ClIN6. The third-order valence-electron chi connectivity index (χ3n) is 2.85. The smallest absolute Gasteiger partial charge is 0.189 e. The molecule has 0 fully saturated rings. The van der Waals surface area contributed by atoms with Gasteiger partial charge in [0.2, 0.25) is 0 Å². The first kappa shape index (κ1) is 19.4. The zero-order valence-electron chi connectivity index (χ0n) is 13.1. The fourth-order valence-electron chi connectivity index (χ4n) is 1.78. The summed E-state index contributed by atoms with van der Waals surface area (Å²) in [6.45, 7) is 8.64. The molecule has 0 saturated carbocycles. The van der Waals surface area contributed by atoms with Crippen LogP contribution in [0.1, 0.15) is 18.2 Å². The number of hydrogen-bond acceptors (Lipinski definition) is 3. The monoisotopic (exact) mass is 446 g/mol. The lowest BCUT2D eigenvalue weighted by Gasteiger charge is -2.09. The van der Waals surface area contributed by atoms with Crippen molar-refractivity contribution in [3.8, 4) is 5.82 Å². The van der Waals surface area contributed by atoms with Gasteiger partial charge in [-0.1, -0.05) is 29.8 Å². The fourth-order valence-corrected chi connectivity index (χ4v) is 1.91. The zero-order chi connectivity index (χ0) is 16.1. The Morgan fingerprint density at radius 1 is 1.48 bits per heavy atom. The topological polar surface area (TPSA) is 81.1 Å². The van der Waals surface area contributed by atoms with Crippen molar-refractivity contribution in [1.29, 1.82) is 0 Å². The van der Waals surface area contributed by atoms with Crippen molar-refractivity contribution >= 4 is 41.5 Å². The van der Waals surface area contributed by atoms with E-state index in [0.717, 1.165) is 16.8 Å². The van der Waals surface area contributed by atoms with E-state index in [1.165, 1.54) is 0 Å². The molecule has 8 heteroatoms. The molecule has 0 bridgehead atoms. The molecule has 2 heterocycles. The minimum absolute atomic E-state index is 0. The van der Waals surface area contributed by atoms with Crippen molar-refractivity contribution in [1.82, 2.24) is 20.1 Å². The van der Waals surface area contributed by atoms with E-state index in [4.69, 9.17) is 17.3 Å². The van der Waals surface area contributed by atoms with E-state index >= 15 is 0 Å². The van der Waals surface area contributed by atoms with Gasteiger partial charge in [0.25, 0.3) is 0 Å². The number of halogens is 2. The Balaban J connectivity index is 0.00000264. The van der Waals surface area contributed by atoms with Gasteiger partial charge in [0.05, 0.1) is 24.0 Å². The van der Waals surface area contributed by atoms with Gasteiger partial charge in [-0.2, -0.15) is 5.10 Å². The average Bonchev–Trinajstić information content (AvgIpc) is 2.90. The number of aryl methyl sites for hydroxylation is 1. The SMILES string of the molecule is C=C(C)CNC(N)=NCc1ccc(C)nc1-n1cc(Cl)cn1.I. The number of nitrogens with one attached hydrogen (secondary N) is 1. The minimum atomic E-state index is 0. The number of pyridine rings is 1.